The Morgan fingerprint density at radius 3 is 2.11 bits per heavy atom. The Balaban J connectivity index is 4.78. The molecule has 206 valence electrons. The maximum atomic E-state index is 12.7. The van der Waals surface area contributed by atoms with E-state index in [-0.39, 0.29) is 82.8 Å². The van der Waals surface area contributed by atoms with E-state index in [4.69, 9.17) is 17.9 Å². The zero-order valence-corrected chi connectivity index (χ0v) is 22.9. The number of hydrogen-bond donors (Lipinski definition) is 7. The summed E-state index contributed by atoms with van der Waals surface area (Å²) in [7, 11) is -9.01. The lowest BCUT2D eigenvalue weighted by Gasteiger charge is -2.25. The largest absolute Gasteiger partial charge is 0.370 e. The monoisotopic (exact) mass is 571 g/mol. The van der Waals surface area contributed by atoms with E-state index < -0.39 is 40.3 Å². The summed E-state index contributed by atoms with van der Waals surface area (Å²) >= 11 is 0. The first-order chi connectivity index (χ1) is 16.8. The van der Waals surface area contributed by atoms with Crippen molar-refractivity contribution in [1.82, 2.24) is 20.9 Å². The van der Waals surface area contributed by atoms with Gasteiger partial charge in [-0.25, -0.2) is 0 Å². The molecule has 0 saturated heterocycles. The molecular weight excluding hydrogens is 533 g/mol. The predicted octanol–water partition coefficient (Wildman–Crippen LogP) is -1.40. The molecule has 0 fully saturated rings. The molecule has 14 nitrogen and oxygen atoms in total. The van der Waals surface area contributed by atoms with Gasteiger partial charge in [0, 0.05) is 51.3 Å². The van der Waals surface area contributed by atoms with E-state index >= 15 is 0 Å². The van der Waals surface area contributed by atoms with Gasteiger partial charge in [-0.1, -0.05) is 10.5 Å². The molecular formula is C19H38N6O8P3+. The van der Waals surface area contributed by atoms with Gasteiger partial charge in [0.1, 0.15) is 0 Å². The van der Waals surface area contributed by atoms with Gasteiger partial charge in [-0.2, -0.15) is 0 Å². The number of primary amides is 2. The van der Waals surface area contributed by atoms with Gasteiger partial charge in [-0.05, 0) is 0 Å². The number of terminal acetylenes is 1. The SMILES string of the molecule is C#CCNC(=O)CCP(=O)(O)CN(CCNC[P+](=O)CCC(N)=O)CCNCP(=O)(O)CCC(N)=O. The summed E-state index contributed by atoms with van der Waals surface area (Å²) in [5, 5.41) is 8.19. The number of hydrogen-bond acceptors (Lipinski definition) is 9. The third-order valence-corrected chi connectivity index (χ3v) is 9.37. The van der Waals surface area contributed by atoms with Gasteiger partial charge in [0.25, 0.3) is 0 Å². The summed E-state index contributed by atoms with van der Waals surface area (Å²) in [6.07, 6.45) is 4.03. The fourth-order valence-electron chi connectivity index (χ4n) is 2.76. The highest BCUT2D eigenvalue weighted by atomic mass is 31.2. The van der Waals surface area contributed by atoms with Gasteiger partial charge >= 0.3 is 7.80 Å². The molecule has 0 bridgehead atoms. The molecule has 0 aromatic carbocycles. The first kappa shape index (κ1) is 34.3. The molecule has 0 aliphatic rings. The molecule has 3 atom stereocenters. The summed E-state index contributed by atoms with van der Waals surface area (Å²) in [4.78, 5) is 55.2. The highest BCUT2D eigenvalue weighted by Crippen LogP contribution is 2.42. The van der Waals surface area contributed by atoms with E-state index in [0.717, 1.165) is 0 Å². The quantitative estimate of drug-likeness (QED) is 0.0453. The van der Waals surface area contributed by atoms with Crippen LogP contribution in [0.25, 0.3) is 0 Å². The second-order valence-electron chi connectivity index (χ2n) is 8.08. The minimum absolute atomic E-state index is 0.0193. The second-order valence-corrected chi connectivity index (χ2v) is 14.7. The van der Waals surface area contributed by atoms with Gasteiger partial charge in [-0.15, -0.1) is 6.42 Å². The molecule has 3 unspecified atom stereocenters. The summed E-state index contributed by atoms with van der Waals surface area (Å²) in [5.41, 5.74) is 10.0. The standard InChI is InChI=1S/C19H37N6O8P3/c1-2-6-24-19(28)5-13-36(32,33)16-25(9-7-22-14-34(29)11-3-17(20)26)10-8-23-15-35(30,31)12-4-18(21)27/h1,22-23H,3-16H2,(H6-,20,21,24,26,27,28,30,31,32,33)/p+1. The first-order valence-electron chi connectivity index (χ1n) is 11.2. The number of rotatable bonds is 22. The number of nitrogens with two attached hydrogens (primary N) is 2. The van der Waals surface area contributed by atoms with Crippen LogP contribution in [0, 0.1) is 12.3 Å². The summed E-state index contributed by atoms with van der Waals surface area (Å²) in [5.74, 6) is 0.591. The topological polar surface area (TPSA) is 234 Å². The molecule has 0 aromatic rings. The molecule has 36 heavy (non-hydrogen) atoms. The van der Waals surface area contributed by atoms with Crippen molar-refractivity contribution in [2.45, 2.75) is 19.3 Å². The van der Waals surface area contributed by atoms with Crippen LogP contribution in [0.1, 0.15) is 19.3 Å². The summed E-state index contributed by atoms with van der Waals surface area (Å²) in [6, 6.07) is 0. The molecule has 0 aliphatic heterocycles. The Morgan fingerprint density at radius 1 is 0.944 bits per heavy atom. The van der Waals surface area contributed by atoms with Crippen molar-refractivity contribution in [3.63, 3.8) is 0 Å². The van der Waals surface area contributed by atoms with E-state index in [1.165, 1.54) is 0 Å². The van der Waals surface area contributed by atoms with E-state index in [2.05, 4.69) is 21.9 Å². The smallest absolute Gasteiger partial charge is 0.354 e. The Morgan fingerprint density at radius 2 is 1.53 bits per heavy atom. The van der Waals surface area contributed by atoms with Gasteiger partial charge in [0.2, 0.25) is 32.5 Å². The summed E-state index contributed by atoms with van der Waals surface area (Å²) < 4.78 is 36.6. The molecule has 0 aromatic heterocycles. The molecule has 0 heterocycles. The fourth-order valence-corrected chi connectivity index (χ4v) is 6.63. The van der Waals surface area contributed by atoms with Crippen LogP contribution >= 0.6 is 22.5 Å². The minimum atomic E-state index is -3.73. The molecule has 0 spiro atoms. The molecule has 0 rings (SSSR count). The van der Waals surface area contributed by atoms with E-state index in [9.17, 15) is 37.9 Å². The van der Waals surface area contributed by atoms with Gasteiger partial charge in [0.05, 0.1) is 25.5 Å². The fraction of sp³-hybridized carbons (Fsp3) is 0.737. The van der Waals surface area contributed by atoms with Crippen molar-refractivity contribution in [2.24, 2.45) is 11.5 Å². The van der Waals surface area contributed by atoms with Crippen LogP contribution in [0.2, 0.25) is 0 Å². The Labute approximate surface area is 212 Å². The van der Waals surface area contributed by atoms with Gasteiger partial charge in [-0.3, -0.25) is 33.7 Å². The third-order valence-electron chi connectivity index (χ3n) is 4.67. The van der Waals surface area contributed by atoms with Crippen molar-refractivity contribution in [3.05, 3.63) is 0 Å². The number of carbonyl (C=O) groups excluding carboxylic acids is 3. The van der Waals surface area contributed by atoms with Crippen LogP contribution in [0.15, 0.2) is 0 Å². The maximum absolute atomic E-state index is 12.7. The average Bonchev–Trinajstić information content (AvgIpc) is 2.79. The maximum Gasteiger partial charge on any atom is 0.354 e. The molecule has 9 N–H and O–H groups in total. The lowest BCUT2D eigenvalue weighted by Crippen LogP contribution is -2.38. The highest BCUT2D eigenvalue weighted by molar-refractivity contribution is 7.58. The number of nitrogens with zero attached hydrogens (tertiary/aromatic N) is 1. The zero-order chi connectivity index (χ0) is 27.6. The average molecular weight is 571 g/mol. The highest BCUT2D eigenvalue weighted by Gasteiger charge is 2.24. The summed E-state index contributed by atoms with van der Waals surface area (Å²) in [6.45, 7) is 1.06. The van der Waals surface area contributed by atoms with Crippen LogP contribution in [0.4, 0.5) is 0 Å². The lowest BCUT2D eigenvalue weighted by atomic mass is 10.4. The van der Waals surface area contributed by atoms with E-state index in [0.29, 0.717) is 6.54 Å². The molecule has 0 radical (unpaired) electrons. The Hall–Kier alpha value is -1.67. The number of carbonyl (C=O) groups is 3. The van der Waals surface area contributed by atoms with Crippen molar-refractivity contribution in [2.75, 3.05) is 70.1 Å². The predicted molar refractivity (Wildman–Crippen MR) is 138 cm³/mol. The van der Waals surface area contributed by atoms with Gasteiger partial charge in [0.15, 0.2) is 12.4 Å². The van der Waals surface area contributed by atoms with Gasteiger partial charge < -0.3 is 31.9 Å². The Kier molecular flexibility index (Phi) is 17.7. The Bertz CT molecular complexity index is 882. The molecule has 0 aliphatic carbocycles. The first-order valence-corrected chi connectivity index (χ1v) is 16.9. The zero-order valence-electron chi connectivity index (χ0n) is 20.3. The molecule has 0 saturated carbocycles. The second kappa shape index (κ2) is 18.6. The molecule has 3 amide bonds. The van der Waals surface area contributed by atoms with Crippen LogP contribution in [-0.2, 0) is 28.1 Å². The normalized spacial score (nSPS) is 14.9. The molecule has 17 heteroatoms. The van der Waals surface area contributed by atoms with Crippen molar-refractivity contribution < 1.29 is 37.9 Å². The van der Waals surface area contributed by atoms with Crippen molar-refractivity contribution in [1.29, 1.82) is 0 Å². The van der Waals surface area contributed by atoms with Crippen LogP contribution in [-0.4, -0.2) is 102 Å². The van der Waals surface area contributed by atoms with Crippen molar-refractivity contribution in [3.8, 4) is 12.3 Å². The van der Waals surface area contributed by atoms with Crippen molar-refractivity contribution >= 4 is 40.3 Å². The minimum Gasteiger partial charge on any atom is -0.370 e. The van der Waals surface area contributed by atoms with Crippen LogP contribution in [0.3, 0.4) is 0 Å². The van der Waals surface area contributed by atoms with Crippen LogP contribution < -0.4 is 27.4 Å². The lowest BCUT2D eigenvalue weighted by molar-refractivity contribution is -0.120. The third kappa shape index (κ3) is 20.5. The number of nitrogens with one attached hydrogen (secondary N) is 3. The van der Waals surface area contributed by atoms with Crippen LogP contribution in [0.5, 0.6) is 0 Å². The van der Waals surface area contributed by atoms with E-state index in [1.54, 1.807) is 4.90 Å². The number of amides is 3. The van der Waals surface area contributed by atoms with E-state index in [1.807, 2.05) is 0 Å².